The van der Waals surface area contributed by atoms with Crippen molar-refractivity contribution in [3.8, 4) is 0 Å². The molecule has 0 radical (unpaired) electrons. The molecule has 1 atom stereocenters. The largest absolute Gasteiger partial charge is 0.389 e. The standard InChI is InChI=1S/C14H17BrF4N2.2ClH/c15-12-2-1-10(16)9-11(12)13(3-4-14(17,18)19)21-7-5-20-6-8-21;;/h1-2,9,13,20H,3-8H2;2*1H/t13-;;/m1../s1. The molecule has 1 aromatic rings. The summed E-state index contributed by atoms with van der Waals surface area (Å²) in [6.45, 7) is 2.78. The van der Waals surface area contributed by atoms with Crippen molar-refractivity contribution in [1.29, 1.82) is 0 Å². The minimum absolute atomic E-state index is 0. The van der Waals surface area contributed by atoms with Gasteiger partial charge in [-0.25, -0.2) is 4.39 Å². The molecule has 23 heavy (non-hydrogen) atoms. The molecule has 0 bridgehead atoms. The molecule has 0 unspecified atom stereocenters. The molecule has 1 saturated heterocycles. The molecule has 2 nitrogen and oxygen atoms in total. The van der Waals surface area contributed by atoms with E-state index in [1.807, 2.05) is 4.90 Å². The van der Waals surface area contributed by atoms with Gasteiger partial charge in [-0.1, -0.05) is 15.9 Å². The Morgan fingerprint density at radius 3 is 2.35 bits per heavy atom. The van der Waals surface area contributed by atoms with Gasteiger partial charge in [0, 0.05) is 43.1 Å². The molecule has 1 aromatic carbocycles. The van der Waals surface area contributed by atoms with Gasteiger partial charge in [0.1, 0.15) is 5.82 Å². The first kappa shape index (κ1) is 22.9. The van der Waals surface area contributed by atoms with E-state index in [1.165, 1.54) is 12.1 Å². The van der Waals surface area contributed by atoms with Crippen LogP contribution in [0.15, 0.2) is 22.7 Å². The van der Waals surface area contributed by atoms with Crippen molar-refractivity contribution in [2.75, 3.05) is 26.2 Å². The number of hydrogen-bond donors (Lipinski definition) is 1. The van der Waals surface area contributed by atoms with E-state index in [2.05, 4.69) is 21.2 Å². The van der Waals surface area contributed by atoms with Crippen LogP contribution >= 0.6 is 40.7 Å². The Kier molecular flexibility index (Phi) is 10.00. The molecule has 1 heterocycles. The molecule has 134 valence electrons. The highest BCUT2D eigenvalue weighted by atomic mass is 79.9. The summed E-state index contributed by atoms with van der Waals surface area (Å²) in [6, 6.07) is 3.74. The molecule has 9 heteroatoms. The van der Waals surface area contributed by atoms with Gasteiger partial charge in [0.2, 0.25) is 0 Å². The lowest BCUT2D eigenvalue weighted by Gasteiger charge is -2.36. The maximum absolute atomic E-state index is 13.5. The van der Waals surface area contributed by atoms with Crippen LogP contribution in [-0.4, -0.2) is 37.3 Å². The van der Waals surface area contributed by atoms with Gasteiger partial charge >= 0.3 is 6.18 Å². The zero-order valence-corrected chi connectivity index (χ0v) is 15.4. The zero-order valence-electron chi connectivity index (χ0n) is 12.2. The van der Waals surface area contributed by atoms with Gasteiger partial charge in [-0.15, -0.1) is 24.8 Å². The Bertz CT molecular complexity index is 482. The fourth-order valence-corrected chi connectivity index (χ4v) is 3.11. The van der Waals surface area contributed by atoms with Gasteiger partial charge in [0.25, 0.3) is 0 Å². The third-order valence-corrected chi connectivity index (χ3v) is 4.33. The number of halogens is 7. The van der Waals surface area contributed by atoms with E-state index in [4.69, 9.17) is 0 Å². The molecular weight excluding hydrogens is 423 g/mol. The van der Waals surface area contributed by atoms with Gasteiger partial charge in [0.05, 0.1) is 0 Å². The SMILES string of the molecule is Cl.Cl.Fc1ccc(Br)c([C@@H](CCC(F)(F)F)N2CCNCC2)c1. The number of rotatable bonds is 4. The third kappa shape index (κ3) is 7.13. The highest BCUT2D eigenvalue weighted by Gasteiger charge is 2.32. The van der Waals surface area contributed by atoms with Crippen molar-refractivity contribution in [3.05, 3.63) is 34.1 Å². The zero-order chi connectivity index (χ0) is 15.5. The Morgan fingerprint density at radius 2 is 1.78 bits per heavy atom. The fourth-order valence-electron chi connectivity index (χ4n) is 2.60. The molecule has 0 aliphatic carbocycles. The lowest BCUT2D eigenvalue weighted by molar-refractivity contribution is -0.138. The molecule has 1 aliphatic rings. The maximum atomic E-state index is 13.5. The lowest BCUT2D eigenvalue weighted by atomic mass is 9.99. The smallest absolute Gasteiger partial charge is 0.314 e. The van der Waals surface area contributed by atoms with Crippen LogP contribution in [0, 0.1) is 5.82 Å². The van der Waals surface area contributed by atoms with Crippen molar-refractivity contribution in [2.24, 2.45) is 0 Å². The van der Waals surface area contributed by atoms with Gasteiger partial charge in [-0.3, -0.25) is 4.90 Å². The first-order valence-electron chi connectivity index (χ1n) is 6.83. The van der Waals surface area contributed by atoms with Crippen LogP contribution in [0.25, 0.3) is 0 Å². The minimum atomic E-state index is -4.20. The molecule has 0 saturated carbocycles. The van der Waals surface area contributed by atoms with Gasteiger partial charge in [0.15, 0.2) is 0 Å². The van der Waals surface area contributed by atoms with Crippen LogP contribution in [0.3, 0.4) is 0 Å². The van der Waals surface area contributed by atoms with E-state index in [-0.39, 0.29) is 31.2 Å². The third-order valence-electron chi connectivity index (χ3n) is 3.61. The first-order valence-corrected chi connectivity index (χ1v) is 7.62. The second-order valence-corrected chi connectivity index (χ2v) is 5.98. The van der Waals surface area contributed by atoms with Gasteiger partial charge < -0.3 is 5.32 Å². The molecule has 0 aromatic heterocycles. The maximum Gasteiger partial charge on any atom is 0.389 e. The summed E-state index contributed by atoms with van der Waals surface area (Å²) >= 11 is 3.33. The molecule has 1 fully saturated rings. The van der Waals surface area contributed by atoms with Crippen LogP contribution in [0.1, 0.15) is 24.4 Å². The average molecular weight is 442 g/mol. The lowest BCUT2D eigenvalue weighted by Crippen LogP contribution is -2.45. The Balaban J connectivity index is 0.00000242. The van der Waals surface area contributed by atoms with Crippen molar-refractivity contribution in [2.45, 2.75) is 25.1 Å². The first-order chi connectivity index (χ1) is 9.87. The molecule has 0 spiro atoms. The number of piperazine rings is 1. The predicted molar refractivity (Wildman–Crippen MR) is 91.1 cm³/mol. The Hall–Kier alpha value is -0.0800. The van der Waals surface area contributed by atoms with E-state index in [9.17, 15) is 17.6 Å². The number of nitrogens with one attached hydrogen (secondary N) is 1. The minimum Gasteiger partial charge on any atom is -0.314 e. The van der Waals surface area contributed by atoms with E-state index in [1.54, 1.807) is 6.07 Å². The summed E-state index contributed by atoms with van der Waals surface area (Å²) in [5, 5.41) is 3.17. The fraction of sp³-hybridized carbons (Fsp3) is 0.571. The van der Waals surface area contributed by atoms with Crippen molar-refractivity contribution < 1.29 is 17.6 Å². The van der Waals surface area contributed by atoms with Crippen molar-refractivity contribution in [3.63, 3.8) is 0 Å². The number of alkyl halides is 3. The number of hydrogen-bond acceptors (Lipinski definition) is 2. The van der Waals surface area contributed by atoms with E-state index >= 15 is 0 Å². The summed E-state index contributed by atoms with van der Waals surface area (Å²) in [5.41, 5.74) is 0.584. The monoisotopic (exact) mass is 440 g/mol. The van der Waals surface area contributed by atoms with Gasteiger partial charge in [-0.2, -0.15) is 13.2 Å². The highest BCUT2D eigenvalue weighted by Crippen LogP contribution is 2.35. The predicted octanol–water partition coefficient (Wildman–Crippen LogP) is 4.72. The highest BCUT2D eigenvalue weighted by molar-refractivity contribution is 9.10. The summed E-state index contributed by atoms with van der Waals surface area (Å²) in [6.07, 6.45) is -5.14. The molecule has 0 amide bonds. The second-order valence-electron chi connectivity index (χ2n) is 5.12. The summed E-state index contributed by atoms with van der Waals surface area (Å²) < 4.78 is 51.8. The normalized spacial score (nSPS) is 17.1. The van der Waals surface area contributed by atoms with Crippen molar-refractivity contribution in [1.82, 2.24) is 10.2 Å². The number of nitrogens with zero attached hydrogens (tertiary/aromatic N) is 1. The quantitative estimate of drug-likeness (QED) is 0.680. The molecular formula is C14H19BrCl2F4N2. The van der Waals surface area contributed by atoms with E-state index in [0.717, 1.165) is 13.1 Å². The number of benzene rings is 1. The summed E-state index contributed by atoms with van der Waals surface area (Å²) in [4.78, 5) is 1.99. The topological polar surface area (TPSA) is 15.3 Å². The van der Waals surface area contributed by atoms with Crippen molar-refractivity contribution >= 4 is 40.7 Å². The van der Waals surface area contributed by atoms with Crippen LogP contribution in [-0.2, 0) is 0 Å². The molecule has 2 rings (SSSR count). The summed E-state index contributed by atoms with van der Waals surface area (Å²) in [7, 11) is 0. The van der Waals surface area contributed by atoms with E-state index in [0.29, 0.717) is 23.1 Å². The molecule has 1 aliphatic heterocycles. The Morgan fingerprint density at radius 1 is 1.17 bits per heavy atom. The van der Waals surface area contributed by atoms with Crippen LogP contribution in [0.4, 0.5) is 17.6 Å². The molecule has 1 N–H and O–H groups in total. The van der Waals surface area contributed by atoms with Crippen LogP contribution in [0.5, 0.6) is 0 Å². The second kappa shape index (κ2) is 10.0. The van der Waals surface area contributed by atoms with Gasteiger partial charge in [-0.05, 0) is 30.2 Å². The summed E-state index contributed by atoms with van der Waals surface area (Å²) in [5.74, 6) is -0.430. The van der Waals surface area contributed by atoms with Crippen LogP contribution in [0.2, 0.25) is 0 Å². The van der Waals surface area contributed by atoms with Crippen LogP contribution < -0.4 is 5.32 Å². The Labute approximate surface area is 153 Å². The average Bonchev–Trinajstić information content (AvgIpc) is 2.43. The van der Waals surface area contributed by atoms with E-state index < -0.39 is 24.5 Å².